The van der Waals surface area contributed by atoms with Crippen molar-refractivity contribution in [3.05, 3.63) is 35.9 Å². The average Bonchev–Trinajstić information content (AvgIpc) is 2.01. The van der Waals surface area contributed by atoms with Crippen LogP contribution in [-0.4, -0.2) is 25.3 Å². The van der Waals surface area contributed by atoms with Gasteiger partial charge >= 0.3 is 0 Å². The molecule has 0 heterocycles. The van der Waals surface area contributed by atoms with Gasteiger partial charge in [-0.25, -0.2) is 0 Å². The Kier molecular flexibility index (Phi) is 6.15. The fourth-order valence-electron chi connectivity index (χ4n) is 0.986. The minimum Gasteiger partial charge on any atom is -0.328 e. The number of hydrogen-bond acceptors (Lipinski definition) is 3. The van der Waals surface area contributed by atoms with Crippen LogP contribution in [0, 0.1) is 0 Å². The molecule has 1 aromatic rings. The van der Waals surface area contributed by atoms with Crippen molar-refractivity contribution in [2.75, 3.05) is 6.26 Å². The first-order valence-electron chi connectivity index (χ1n) is 4.51. The van der Waals surface area contributed by atoms with Crippen LogP contribution in [0.1, 0.15) is 12.5 Å². The lowest BCUT2D eigenvalue weighted by atomic mass is 10.1. The molecule has 4 nitrogen and oxygen atoms in total. The van der Waals surface area contributed by atoms with Crippen molar-refractivity contribution < 1.29 is 13.0 Å². The molecule has 0 radical (unpaired) electrons. The zero-order valence-electron chi connectivity index (χ0n) is 8.92. The lowest BCUT2D eigenvalue weighted by Gasteiger charge is -2.02. The summed E-state index contributed by atoms with van der Waals surface area (Å²) in [5.41, 5.74) is 6.94. The monoisotopic (exact) mass is 231 g/mol. The third kappa shape index (κ3) is 13.1. The second kappa shape index (κ2) is 6.55. The zero-order valence-corrected chi connectivity index (χ0v) is 9.74. The Hall–Kier alpha value is -0.910. The van der Waals surface area contributed by atoms with Crippen molar-refractivity contribution in [3.8, 4) is 0 Å². The van der Waals surface area contributed by atoms with Crippen molar-refractivity contribution >= 4 is 10.1 Å². The summed E-state index contributed by atoms with van der Waals surface area (Å²) in [5, 5.41) is 0. The van der Waals surface area contributed by atoms with Crippen LogP contribution in [0.3, 0.4) is 0 Å². The average molecular weight is 231 g/mol. The van der Waals surface area contributed by atoms with Crippen molar-refractivity contribution in [2.24, 2.45) is 5.73 Å². The Bertz CT molecular complexity index is 352. The molecule has 0 aliphatic heterocycles. The van der Waals surface area contributed by atoms with E-state index in [1.807, 2.05) is 25.1 Å². The molecule has 3 N–H and O–H groups in total. The number of nitrogens with two attached hydrogens (primary N) is 1. The van der Waals surface area contributed by atoms with E-state index in [0.717, 1.165) is 6.42 Å². The molecule has 0 saturated heterocycles. The quantitative estimate of drug-likeness (QED) is 0.746. The highest BCUT2D eigenvalue weighted by atomic mass is 32.2. The standard InChI is InChI=1S/C9H13N.CH4O3S/c1-8(10)7-9-5-3-2-4-6-9;1-5(2,3)4/h2-6,8H,7,10H2,1H3;1H3,(H,2,3,4). The fourth-order valence-corrected chi connectivity index (χ4v) is 0.986. The van der Waals surface area contributed by atoms with Gasteiger partial charge < -0.3 is 5.73 Å². The van der Waals surface area contributed by atoms with E-state index >= 15 is 0 Å². The molecular weight excluding hydrogens is 214 g/mol. The molecule has 0 bridgehead atoms. The maximum atomic E-state index is 9.19. The summed E-state index contributed by atoms with van der Waals surface area (Å²) in [4.78, 5) is 0. The van der Waals surface area contributed by atoms with Crippen molar-refractivity contribution in [1.82, 2.24) is 0 Å². The number of hydrogen-bond donors (Lipinski definition) is 2. The van der Waals surface area contributed by atoms with Gasteiger partial charge in [-0.05, 0) is 18.9 Å². The predicted molar refractivity (Wildman–Crippen MR) is 61.3 cm³/mol. The summed E-state index contributed by atoms with van der Waals surface area (Å²) in [6, 6.07) is 10.6. The van der Waals surface area contributed by atoms with Gasteiger partial charge in [0, 0.05) is 6.04 Å². The predicted octanol–water partition coefficient (Wildman–Crippen LogP) is 1.08. The van der Waals surface area contributed by atoms with Crippen LogP contribution < -0.4 is 5.73 Å². The fraction of sp³-hybridized carbons (Fsp3) is 0.400. The Morgan fingerprint density at radius 1 is 1.33 bits per heavy atom. The molecular formula is C10H17NO3S. The Labute approximate surface area is 90.9 Å². The van der Waals surface area contributed by atoms with Gasteiger partial charge in [0.1, 0.15) is 0 Å². The van der Waals surface area contributed by atoms with Gasteiger partial charge in [-0.15, -0.1) is 0 Å². The second-order valence-electron chi connectivity index (χ2n) is 3.40. The van der Waals surface area contributed by atoms with E-state index in [-0.39, 0.29) is 6.04 Å². The molecule has 86 valence electrons. The summed E-state index contributed by atoms with van der Waals surface area (Å²) in [5.74, 6) is 0. The van der Waals surface area contributed by atoms with Gasteiger partial charge in [0.25, 0.3) is 10.1 Å². The molecule has 0 aliphatic carbocycles. The first-order chi connectivity index (χ1) is 6.79. The molecule has 1 unspecified atom stereocenters. The maximum absolute atomic E-state index is 9.19. The van der Waals surface area contributed by atoms with Crippen LogP contribution in [0.4, 0.5) is 0 Å². The highest BCUT2D eigenvalue weighted by Gasteiger charge is 1.94. The van der Waals surface area contributed by atoms with Gasteiger partial charge in [-0.3, -0.25) is 4.55 Å². The van der Waals surface area contributed by atoms with Crippen LogP contribution in [0.5, 0.6) is 0 Å². The van der Waals surface area contributed by atoms with E-state index in [4.69, 9.17) is 10.3 Å². The largest absolute Gasteiger partial charge is 0.328 e. The van der Waals surface area contributed by atoms with E-state index in [0.29, 0.717) is 6.26 Å². The van der Waals surface area contributed by atoms with Crippen LogP contribution in [0.15, 0.2) is 30.3 Å². The van der Waals surface area contributed by atoms with Crippen molar-refractivity contribution in [2.45, 2.75) is 19.4 Å². The summed E-state index contributed by atoms with van der Waals surface area (Å²) in [7, 11) is -3.67. The Balaban J connectivity index is 0.000000336. The smallest absolute Gasteiger partial charge is 0.261 e. The van der Waals surface area contributed by atoms with Crippen LogP contribution in [0.25, 0.3) is 0 Å². The molecule has 0 saturated carbocycles. The lowest BCUT2D eigenvalue weighted by molar-refractivity contribution is 0.490. The summed E-state index contributed by atoms with van der Waals surface area (Å²) in [6.45, 7) is 2.02. The topological polar surface area (TPSA) is 80.4 Å². The van der Waals surface area contributed by atoms with Gasteiger partial charge in [0.05, 0.1) is 6.26 Å². The molecule has 0 spiro atoms. The summed E-state index contributed by atoms with van der Waals surface area (Å²) < 4.78 is 25.9. The molecule has 0 aliphatic rings. The molecule has 0 fully saturated rings. The molecule has 0 amide bonds. The van der Waals surface area contributed by atoms with E-state index in [9.17, 15) is 8.42 Å². The Morgan fingerprint density at radius 2 is 1.73 bits per heavy atom. The van der Waals surface area contributed by atoms with Crippen LogP contribution >= 0.6 is 0 Å². The maximum Gasteiger partial charge on any atom is 0.261 e. The second-order valence-corrected chi connectivity index (χ2v) is 4.87. The zero-order chi connectivity index (χ0) is 11.9. The molecule has 0 aromatic heterocycles. The minimum atomic E-state index is -3.67. The lowest BCUT2D eigenvalue weighted by Crippen LogP contribution is -2.17. The molecule has 1 atom stereocenters. The Morgan fingerprint density at radius 3 is 2.07 bits per heavy atom. The SMILES string of the molecule is CC(N)Cc1ccccc1.CS(=O)(=O)O. The summed E-state index contributed by atoms with van der Waals surface area (Å²) in [6.07, 6.45) is 1.69. The van der Waals surface area contributed by atoms with Gasteiger partial charge in [0.15, 0.2) is 0 Å². The number of rotatable bonds is 2. The highest BCUT2D eigenvalue weighted by Crippen LogP contribution is 2.00. The van der Waals surface area contributed by atoms with Crippen molar-refractivity contribution in [3.63, 3.8) is 0 Å². The first kappa shape index (κ1) is 14.1. The molecule has 15 heavy (non-hydrogen) atoms. The molecule has 5 heteroatoms. The minimum absolute atomic E-state index is 0.266. The first-order valence-corrected chi connectivity index (χ1v) is 6.36. The highest BCUT2D eigenvalue weighted by molar-refractivity contribution is 7.85. The van der Waals surface area contributed by atoms with E-state index in [2.05, 4.69) is 12.1 Å². The van der Waals surface area contributed by atoms with Crippen molar-refractivity contribution in [1.29, 1.82) is 0 Å². The molecule has 1 aromatic carbocycles. The molecule has 1 rings (SSSR count). The normalized spacial score (nSPS) is 12.5. The third-order valence-electron chi connectivity index (χ3n) is 1.40. The number of benzene rings is 1. The van der Waals surface area contributed by atoms with Crippen LogP contribution in [0.2, 0.25) is 0 Å². The van der Waals surface area contributed by atoms with Crippen LogP contribution in [-0.2, 0) is 16.5 Å². The van der Waals surface area contributed by atoms with Gasteiger partial charge in [-0.2, -0.15) is 8.42 Å². The van der Waals surface area contributed by atoms with E-state index in [1.54, 1.807) is 0 Å². The summed E-state index contributed by atoms with van der Waals surface area (Å²) >= 11 is 0. The van der Waals surface area contributed by atoms with E-state index < -0.39 is 10.1 Å². The third-order valence-corrected chi connectivity index (χ3v) is 1.40. The van der Waals surface area contributed by atoms with Gasteiger partial charge in [-0.1, -0.05) is 30.3 Å². The van der Waals surface area contributed by atoms with Gasteiger partial charge in [0.2, 0.25) is 0 Å². The van der Waals surface area contributed by atoms with E-state index in [1.165, 1.54) is 5.56 Å².